The number of anilines is 2. The zero-order chi connectivity index (χ0) is 18.4. The predicted molar refractivity (Wildman–Crippen MR) is 102 cm³/mol. The minimum absolute atomic E-state index is 0.117. The number of amidine groups is 1. The van der Waals surface area contributed by atoms with Crippen molar-refractivity contribution in [2.75, 3.05) is 22.8 Å². The maximum atomic E-state index is 12.4. The Morgan fingerprint density at radius 2 is 1.89 bits per heavy atom. The summed E-state index contributed by atoms with van der Waals surface area (Å²) in [5.74, 6) is 1.03. The maximum Gasteiger partial charge on any atom is 0.276 e. The number of rotatable bonds is 2. The van der Waals surface area contributed by atoms with Crippen LogP contribution in [0.15, 0.2) is 52.7 Å². The highest BCUT2D eigenvalue weighted by Crippen LogP contribution is 2.37. The molecule has 5 rings (SSSR count). The van der Waals surface area contributed by atoms with Gasteiger partial charge in [0.2, 0.25) is 12.7 Å². The molecular weight excluding hydrogens is 368 g/mol. The van der Waals surface area contributed by atoms with E-state index in [9.17, 15) is 9.59 Å². The van der Waals surface area contributed by atoms with Gasteiger partial charge in [0, 0.05) is 11.6 Å². The number of nitrogens with zero attached hydrogens (tertiary/aromatic N) is 3. The minimum atomic E-state index is -0.315. The van der Waals surface area contributed by atoms with E-state index in [4.69, 9.17) is 9.47 Å². The molecule has 27 heavy (non-hydrogen) atoms. The number of ether oxygens (including phenoxy) is 2. The molecule has 9 heteroatoms. The highest BCUT2D eigenvalue weighted by atomic mass is 32.2. The Balaban J connectivity index is 1.51. The molecular formula is C18H12N4O4S. The smallest absolute Gasteiger partial charge is 0.276 e. The number of nitrogens with one attached hydrogen (secondary N) is 1. The molecule has 8 nitrogen and oxygen atoms in total. The Bertz CT molecular complexity index is 1050. The summed E-state index contributed by atoms with van der Waals surface area (Å²) in [6, 6.07) is 12.5. The van der Waals surface area contributed by atoms with Gasteiger partial charge in [-0.2, -0.15) is 0 Å². The van der Waals surface area contributed by atoms with E-state index < -0.39 is 0 Å². The molecule has 0 unspecified atom stereocenters. The number of amides is 2. The van der Waals surface area contributed by atoms with Gasteiger partial charge < -0.3 is 14.8 Å². The zero-order valence-electron chi connectivity index (χ0n) is 13.8. The van der Waals surface area contributed by atoms with Crippen molar-refractivity contribution in [2.45, 2.75) is 0 Å². The van der Waals surface area contributed by atoms with Gasteiger partial charge in [0.25, 0.3) is 5.91 Å². The third-order valence-corrected chi connectivity index (χ3v) is 5.17. The Labute approximate surface area is 157 Å². The molecule has 134 valence electrons. The summed E-state index contributed by atoms with van der Waals surface area (Å²) in [6.45, 7) is 0.157. The van der Waals surface area contributed by atoms with Crippen LogP contribution in [0.1, 0.15) is 5.56 Å². The lowest BCUT2D eigenvalue weighted by atomic mass is 10.1. The molecule has 0 radical (unpaired) electrons. The quantitative estimate of drug-likeness (QED) is 0.807. The average Bonchev–Trinajstić information content (AvgIpc) is 3.36. The molecule has 2 aromatic carbocycles. The van der Waals surface area contributed by atoms with Crippen molar-refractivity contribution in [3.8, 4) is 11.5 Å². The van der Waals surface area contributed by atoms with Crippen LogP contribution < -0.4 is 19.7 Å². The van der Waals surface area contributed by atoms with Crippen LogP contribution in [-0.4, -0.2) is 35.2 Å². The first-order valence-corrected chi connectivity index (χ1v) is 9.11. The van der Waals surface area contributed by atoms with Gasteiger partial charge in [0.15, 0.2) is 22.4 Å². The largest absolute Gasteiger partial charge is 0.454 e. The number of thioether (sulfide) groups is 1. The Morgan fingerprint density at radius 3 is 2.81 bits per heavy atom. The van der Waals surface area contributed by atoms with Crippen LogP contribution in [0, 0.1) is 0 Å². The van der Waals surface area contributed by atoms with E-state index in [0.29, 0.717) is 33.6 Å². The van der Waals surface area contributed by atoms with Crippen molar-refractivity contribution in [1.82, 2.24) is 0 Å². The van der Waals surface area contributed by atoms with E-state index in [0.717, 1.165) is 0 Å². The Morgan fingerprint density at radius 1 is 1.04 bits per heavy atom. The third kappa shape index (κ3) is 2.63. The Hall–Kier alpha value is -3.33. The van der Waals surface area contributed by atoms with Crippen LogP contribution in [0.3, 0.4) is 0 Å². The molecule has 0 saturated carbocycles. The van der Waals surface area contributed by atoms with Crippen molar-refractivity contribution in [2.24, 2.45) is 10.2 Å². The summed E-state index contributed by atoms with van der Waals surface area (Å²) in [5.41, 5.74) is 2.23. The van der Waals surface area contributed by atoms with Gasteiger partial charge >= 0.3 is 0 Å². The van der Waals surface area contributed by atoms with Gasteiger partial charge in [-0.3, -0.25) is 14.5 Å². The molecule has 2 aromatic rings. The van der Waals surface area contributed by atoms with E-state index in [1.54, 1.807) is 30.3 Å². The minimum Gasteiger partial charge on any atom is -0.454 e. The van der Waals surface area contributed by atoms with Crippen molar-refractivity contribution < 1.29 is 19.1 Å². The van der Waals surface area contributed by atoms with Crippen LogP contribution >= 0.6 is 11.8 Å². The molecule has 1 N–H and O–H groups in total. The normalized spacial score (nSPS) is 20.5. The summed E-state index contributed by atoms with van der Waals surface area (Å²) in [5, 5.41) is 11.5. The second kappa shape index (κ2) is 6.13. The fraction of sp³-hybridized carbons (Fsp3) is 0.111. The molecule has 1 saturated heterocycles. The molecule has 2 amide bonds. The van der Waals surface area contributed by atoms with Gasteiger partial charge in [-0.25, -0.2) is 0 Å². The van der Waals surface area contributed by atoms with Gasteiger partial charge in [-0.15, -0.1) is 10.2 Å². The number of benzene rings is 2. The van der Waals surface area contributed by atoms with Gasteiger partial charge in [0.1, 0.15) is 0 Å². The molecule has 3 heterocycles. The van der Waals surface area contributed by atoms with E-state index in [1.807, 2.05) is 12.1 Å². The lowest BCUT2D eigenvalue weighted by Crippen LogP contribution is -2.29. The summed E-state index contributed by atoms with van der Waals surface area (Å²) in [7, 11) is 0. The van der Waals surface area contributed by atoms with Crippen LogP contribution in [0.5, 0.6) is 11.5 Å². The second-order valence-corrected chi connectivity index (χ2v) is 6.83. The van der Waals surface area contributed by atoms with E-state index in [-0.39, 0.29) is 30.1 Å². The maximum absolute atomic E-state index is 12.4. The first-order valence-electron chi connectivity index (χ1n) is 8.12. The summed E-state index contributed by atoms with van der Waals surface area (Å²) < 4.78 is 10.7. The van der Waals surface area contributed by atoms with Gasteiger partial charge in [-0.1, -0.05) is 30.0 Å². The van der Waals surface area contributed by atoms with Crippen LogP contribution in [0.2, 0.25) is 0 Å². The topological polar surface area (TPSA) is 92.6 Å². The molecule has 0 aromatic heterocycles. The van der Waals surface area contributed by atoms with Crippen LogP contribution in [0.4, 0.5) is 11.4 Å². The van der Waals surface area contributed by atoms with E-state index >= 15 is 0 Å². The Kier molecular flexibility index (Phi) is 3.61. The van der Waals surface area contributed by atoms with Crippen LogP contribution in [0.25, 0.3) is 0 Å². The van der Waals surface area contributed by atoms with Gasteiger partial charge in [0.05, 0.1) is 17.1 Å². The summed E-state index contributed by atoms with van der Waals surface area (Å²) in [4.78, 5) is 26.0. The number of carbonyl (C=O) groups excluding carboxylic acids is 2. The van der Waals surface area contributed by atoms with Crippen molar-refractivity contribution in [3.05, 3.63) is 48.0 Å². The number of para-hydroxylation sites is 1. The zero-order valence-corrected chi connectivity index (χ0v) is 14.7. The highest BCUT2D eigenvalue weighted by Gasteiger charge is 2.32. The van der Waals surface area contributed by atoms with E-state index in [2.05, 4.69) is 15.5 Å². The first kappa shape index (κ1) is 15.9. The summed E-state index contributed by atoms with van der Waals surface area (Å²) in [6.07, 6.45) is 0. The molecule has 0 atom stereocenters. The van der Waals surface area contributed by atoms with Crippen molar-refractivity contribution in [1.29, 1.82) is 0 Å². The molecule has 3 aliphatic rings. The number of carbonyl (C=O) groups is 2. The van der Waals surface area contributed by atoms with Crippen molar-refractivity contribution in [3.63, 3.8) is 0 Å². The fourth-order valence-corrected chi connectivity index (χ4v) is 3.83. The average molecular weight is 380 g/mol. The van der Waals surface area contributed by atoms with Crippen molar-refractivity contribution >= 4 is 45.8 Å². The lowest BCUT2D eigenvalue weighted by Gasteiger charge is -2.15. The molecule has 1 fully saturated rings. The molecule has 0 aliphatic carbocycles. The summed E-state index contributed by atoms with van der Waals surface area (Å²) >= 11 is 1.27. The molecule has 0 spiro atoms. The first-order chi connectivity index (χ1) is 13.2. The molecule has 3 aliphatic heterocycles. The molecule has 0 bridgehead atoms. The fourth-order valence-electron chi connectivity index (χ4n) is 3.01. The monoisotopic (exact) mass is 380 g/mol. The highest BCUT2D eigenvalue weighted by molar-refractivity contribution is 8.15. The second-order valence-electron chi connectivity index (χ2n) is 5.89. The SMILES string of the molecule is O=C1Nc2ccccc2/C1=N\N=C1/SCC(=O)N1c1ccc2c(c1)OCO2. The lowest BCUT2D eigenvalue weighted by molar-refractivity contribution is -0.115. The predicted octanol–water partition coefficient (Wildman–Crippen LogP) is 2.21. The third-order valence-electron chi connectivity index (χ3n) is 4.26. The standard InChI is InChI=1S/C18H12N4O4S/c23-15-8-27-18(22(15)10-5-6-13-14(7-10)26-9-25-13)21-20-16-11-3-1-2-4-12(11)19-17(16)24/h1-7H,8-9H2,(H,19,20,24)/b21-18-. The number of hydrogen-bond donors (Lipinski definition) is 1. The number of hydrogen-bond acceptors (Lipinski definition) is 7. The van der Waals surface area contributed by atoms with E-state index in [1.165, 1.54) is 16.7 Å². The number of fused-ring (bicyclic) bond motifs is 2. The van der Waals surface area contributed by atoms with Crippen LogP contribution in [-0.2, 0) is 9.59 Å². The van der Waals surface area contributed by atoms with Gasteiger partial charge in [-0.05, 0) is 18.2 Å².